The molecule has 0 fully saturated rings. The fourth-order valence-electron chi connectivity index (χ4n) is 1.75. The summed E-state index contributed by atoms with van der Waals surface area (Å²) >= 11 is 7.49. The van der Waals surface area contributed by atoms with Crippen molar-refractivity contribution in [3.05, 3.63) is 45.7 Å². The molecule has 0 saturated heterocycles. The van der Waals surface area contributed by atoms with E-state index in [1.54, 1.807) is 11.3 Å². The summed E-state index contributed by atoms with van der Waals surface area (Å²) < 4.78 is 0.821. The highest BCUT2D eigenvalue weighted by atomic mass is 35.5. The number of hydrogen-bond donors (Lipinski definition) is 2. The minimum atomic E-state index is 0.773. The van der Waals surface area contributed by atoms with Gasteiger partial charge < -0.3 is 5.32 Å². The number of anilines is 1. The number of aromatic nitrogens is 2. The fraction of sp³-hybridized carbons (Fsp3) is 0.0833. The summed E-state index contributed by atoms with van der Waals surface area (Å²) in [6, 6.07) is 10.0. The largest absolute Gasteiger partial charge is 0.378 e. The average molecular weight is 264 g/mol. The molecule has 2 aromatic heterocycles. The SMILES string of the molecule is Clc1ccc(CNc2cccc3cn[nH]c23)s1. The summed E-state index contributed by atoms with van der Waals surface area (Å²) in [5.74, 6) is 0. The Bertz CT molecular complexity index is 644. The van der Waals surface area contributed by atoms with E-state index in [9.17, 15) is 0 Å². The first-order valence-electron chi connectivity index (χ1n) is 5.23. The lowest BCUT2D eigenvalue weighted by molar-refractivity contribution is 1.11. The van der Waals surface area contributed by atoms with Crippen LogP contribution in [0.5, 0.6) is 0 Å². The number of aromatic amines is 1. The first-order valence-corrected chi connectivity index (χ1v) is 6.42. The highest BCUT2D eigenvalue weighted by Crippen LogP contribution is 2.24. The van der Waals surface area contributed by atoms with Crippen LogP contribution in [0.25, 0.3) is 10.9 Å². The van der Waals surface area contributed by atoms with Crippen LogP contribution < -0.4 is 5.32 Å². The first-order chi connectivity index (χ1) is 8.33. The maximum atomic E-state index is 5.89. The van der Waals surface area contributed by atoms with Gasteiger partial charge in [-0.15, -0.1) is 11.3 Å². The van der Waals surface area contributed by atoms with Crippen LogP contribution in [0.15, 0.2) is 36.5 Å². The van der Waals surface area contributed by atoms with Crippen molar-refractivity contribution in [1.82, 2.24) is 10.2 Å². The number of hydrogen-bond acceptors (Lipinski definition) is 3. The lowest BCUT2D eigenvalue weighted by atomic mass is 10.2. The molecule has 0 aliphatic rings. The zero-order valence-corrected chi connectivity index (χ0v) is 10.5. The molecule has 2 N–H and O–H groups in total. The molecule has 0 amide bonds. The molecule has 17 heavy (non-hydrogen) atoms. The van der Waals surface area contributed by atoms with Crippen molar-refractivity contribution in [2.75, 3.05) is 5.32 Å². The molecule has 5 heteroatoms. The van der Waals surface area contributed by atoms with Gasteiger partial charge in [0.05, 0.1) is 21.7 Å². The summed E-state index contributed by atoms with van der Waals surface area (Å²) in [7, 11) is 0. The maximum Gasteiger partial charge on any atom is 0.0931 e. The minimum absolute atomic E-state index is 0.773. The molecule has 0 atom stereocenters. The van der Waals surface area contributed by atoms with E-state index in [1.165, 1.54) is 4.88 Å². The van der Waals surface area contributed by atoms with E-state index < -0.39 is 0 Å². The summed E-state index contributed by atoms with van der Waals surface area (Å²) in [5, 5.41) is 11.5. The molecular weight excluding hydrogens is 254 g/mol. The van der Waals surface area contributed by atoms with Crippen LogP contribution in [-0.4, -0.2) is 10.2 Å². The molecule has 0 aliphatic carbocycles. The van der Waals surface area contributed by atoms with Crippen molar-refractivity contribution in [2.24, 2.45) is 0 Å². The minimum Gasteiger partial charge on any atom is -0.378 e. The van der Waals surface area contributed by atoms with Crippen LogP contribution in [0.2, 0.25) is 4.34 Å². The van der Waals surface area contributed by atoms with Gasteiger partial charge in [-0.2, -0.15) is 5.10 Å². The van der Waals surface area contributed by atoms with Crippen molar-refractivity contribution < 1.29 is 0 Å². The van der Waals surface area contributed by atoms with Crippen LogP contribution in [0.3, 0.4) is 0 Å². The molecule has 3 aromatic rings. The van der Waals surface area contributed by atoms with Gasteiger partial charge in [-0.3, -0.25) is 5.10 Å². The number of thiophene rings is 1. The van der Waals surface area contributed by atoms with Gasteiger partial charge >= 0.3 is 0 Å². The Kier molecular flexibility index (Phi) is 2.74. The molecule has 86 valence electrons. The van der Waals surface area contributed by atoms with E-state index in [1.807, 2.05) is 36.5 Å². The second-order valence-corrected chi connectivity index (χ2v) is 5.50. The highest BCUT2D eigenvalue weighted by molar-refractivity contribution is 7.16. The summed E-state index contributed by atoms with van der Waals surface area (Å²) in [6.07, 6.45) is 1.82. The third kappa shape index (κ3) is 2.14. The van der Waals surface area contributed by atoms with E-state index in [4.69, 9.17) is 11.6 Å². The second kappa shape index (κ2) is 4.39. The molecule has 0 bridgehead atoms. The number of rotatable bonds is 3. The topological polar surface area (TPSA) is 40.7 Å². The van der Waals surface area contributed by atoms with Crippen LogP contribution in [0.1, 0.15) is 4.88 Å². The fourth-order valence-corrected chi connectivity index (χ4v) is 2.77. The first kappa shape index (κ1) is 10.6. The molecule has 0 aliphatic heterocycles. The van der Waals surface area contributed by atoms with Crippen LogP contribution in [0.4, 0.5) is 5.69 Å². The molecule has 0 unspecified atom stereocenters. The molecule has 0 saturated carbocycles. The second-order valence-electron chi connectivity index (χ2n) is 3.70. The third-order valence-corrected chi connectivity index (χ3v) is 3.79. The average Bonchev–Trinajstić information content (AvgIpc) is 2.94. The van der Waals surface area contributed by atoms with Crippen molar-refractivity contribution in [1.29, 1.82) is 0 Å². The van der Waals surface area contributed by atoms with E-state index in [-0.39, 0.29) is 0 Å². The van der Waals surface area contributed by atoms with E-state index in [2.05, 4.69) is 15.5 Å². The molecule has 1 aromatic carbocycles. The van der Waals surface area contributed by atoms with Crippen LogP contribution in [-0.2, 0) is 6.54 Å². The Labute approximate surface area is 107 Å². The Morgan fingerprint density at radius 1 is 1.29 bits per heavy atom. The highest BCUT2D eigenvalue weighted by Gasteiger charge is 2.03. The zero-order chi connectivity index (χ0) is 11.7. The Balaban J connectivity index is 1.83. The van der Waals surface area contributed by atoms with Gasteiger partial charge in [-0.1, -0.05) is 23.7 Å². The van der Waals surface area contributed by atoms with Gasteiger partial charge in [0.2, 0.25) is 0 Å². The molecule has 0 spiro atoms. The van der Waals surface area contributed by atoms with Crippen LogP contribution in [0, 0.1) is 0 Å². The summed E-state index contributed by atoms with van der Waals surface area (Å²) in [5.41, 5.74) is 2.10. The lowest BCUT2D eigenvalue weighted by Gasteiger charge is -2.05. The number of fused-ring (bicyclic) bond motifs is 1. The Morgan fingerprint density at radius 3 is 3.06 bits per heavy atom. The Morgan fingerprint density at radius 2 is 2.24 bits per heavy atom. The van der Waals surface area contributed by atoms with Crippen molar-refractivity contribution in [3.8, 4) is 0 Å². The molecule has 0 radical (unpaired) electrons. The number of nitrogens with one attached hydrogen (secondary N) is 2. The van der Waals surface area contributed by atoms with Crippen molar-refractivity contribution >= 4 is 39.5 Å². The zero-order valence-electron chi connectivity index (χ0n) is 8.90. The van der Waals surface area contributed by atoms with Gasteiger partial charge in [0.25, 0.3) is 0 Å². The number of para-hydroxylation sites is 1. The monoisotopic (exact) mass is 263 g/mol. The predicted molar refractivity (Wildman–Crippen MR) is 72.7 cm³/mol. The van der Waals surface area contributed by atoms with Crippen molar-refractivity contribution in [2.45, 2.75) is 6.54 Å². The molecular formula is C12H10ClN3S. The number of H-pyrrole nitrogens is 1. The third-order valence-electron chi connectivity index (χ3n) is 2.56. The number of benzene rings is 1. The number of nitrogens with zero attached hydrogens (tertiary/aromatic N) is 1. The standard InChI is InChI=1S/C12H10ClN3S/c13-11-5-4-9(17-11)7-14-10-3-1-2-8-6-15-16-12(8)10/h1-6,14H,7H2,(H,15,16). The van der Waals surface area contributed by atoms with Crippen LogP contribution >= 0.6 is 22.9 Å². The smallest absolute Gasteiger partial charge is 0.0931 e. The predicted octanol–water partition coefficient (Wildman–Crippen LogP) is 3.89. The molecule has 3 rings (SSSR count). The van der Waals surface area contributed by atoms with Gasteiger partial charge in [-0.05, 0) is 18.2 Å². The lowest BCUT2D eigenvalue weighted by Crippen LogP contribution is -1.97. The van der Waals surface area contributed by atoms with E-state index >= 15 is 0 Å². The Hall–Kier alpha value is -1.52. The molecule has 3 nitrogen and oxygen atoms in total. The van der Waals surface area contributed by atoms with E-state index in [0.717, 1.165) is 27.5 Å². The quantitative estimate of drug-likeness (QED) is 0.753. The van der Waals surface area contributed by atoms with Gasteiger partial charge in [0.15, 0.2) is 0 Å². The summed E-state index contributed by atoms with van der Waals surface area (Å²) in [4.78, 5) is 1.21. The van der Waals surface area contributed by atoms with Gasteiger partial charge in [0, 0.05) is 16.8 Å². The normalized spacial score (nSPS) is 10.9. The maximum absolute atomic E-state index is 5.89. The molecule has 2 heterocycles. The van der Waals surface area contributed by atoms with Crippen molar-refractivity contribution in [3.63, 3.8) is 0 Å². The van der Waals surface area contributed by atoms with Gasteiger partial charge in [0.1, 0.15) is 0 Å². The summed E-state index contributed by atoms with van der Waals surface area (Å²) in [6.45, 7) is 0.773. The number of halogens is 1. The van der Waals surface area contributed by atoms with Gasteiger partial charge in [-0.25, -0.2) is 0 Å². The van der Waals surface area contributed by atoms with E-state index in [0.29, 0.717) is 0 Å².